The summed E-state index contributed by atoms with van der Waals surface area (Å²) < 4.78 is 15.3. The molecule has 1 aliphatic carbocycles. The van der Waals surface area contributed by atoms with E-state index in [-0.39, 0.29) is 52.5 Å². The van der Waals surface area contributed by atoms with E-state index < -0.39 is 0 Å². The molecule has 0 bridgehead atoms. The number of amides is 2. The molecule has 0 saturated carbocycles. The maximum absolute atomic E-state index is 15.3. The van der Waals surface area contributed by atoms with Gasteiger partial charge in [0.05, 0.1) is 12.0 Å². The fourth-order valence-corrected chi connectivity index (χ4v) is 8.30. The number of hydrogen-bond donors (Lipinski definition) is 0. The highest BCUT2D eigenvalue weighted by Crippen LogP contribution is 2.51. The van der Waals surface area contributed by atoms with E-state index in [9.17, 15) is 9.59 Å². The van der Waals surface area contributed by atoms with Gasteiger partial charge in [0.2, 0.25) is 11.8 Å². The number of rotatable bonds is 4. The zero-order valence-corrected chi connectivity index (χ0v) is 28.0. The zero-order valence-electron chi connectivity index (χ0n) is 27.3. The number of hydrogen-bond acceptors (Lipinski definition) is 3. The number of carbonyl (C=O) groups excluding carboxylic acids is 2. The van der Waals surface area contributed by atoms with Gasteiger partial charge in [0.1, 0.15) is 5.82 Å². The van der Waals surface area contributed by atoms with Gasteiger partial charge in [-0.15, -0.1) is 0 Å². The molecule has 0 aromatic heterocycles. The third kappa shape index (κ3) is 5.99. The lowest BCUT2D eigenvalue weighted by molar-refractivity contribution is -0.138. The first-order chi connectivity index (χ1) is 20.1. The van der Waals surface area contributed by atoms with Crippen molar-refractivity contribution >= 4 is 23.4 Å². The van der Waals surface area contributed by atoms with Crippen LogP contribution in [0, 0.1) is 25.6 Å². The largest absolute Gasteiger partial charge is 0.342 e. The van der Waals surface area contributed by atoms with Gasteiger partial charge in [0.25, 0.3) is 0 Å². The molecule has 234 valence electrons. The molecule has 2 aliphatic heterocycles. The van der Waals surface area contributed by atoms with Crippen LogP contribution in [0.4, 0.5) is 4.39 Å². The summed E-state index contributed by atoms with van der Waals surface area (Å²) in [7, 11) is 0. The Kier molecular flexibility index (Phi) is 8.78. The molecule has 1 spiro atoms. The van der Waals surface area contributed by atoms with Crippen molar-refractivity contribution in [3.63, 3.8) is 0 Å². The second kappa shape index (κ2) is 11.8. The van der Waals surface area contributed by atoms with Gasteiger partial charge in [-0.25, -0.2) is 4.39 Å². The Balaban J connectivity index is 1.41. The van der Waals surface area contributed by atoms with Gasteiger partial charge < -0.3 is 9.80 Å². The highest BCUT2D eigenvalue weighted by molar-refractivity contribution is 6.31. The molecular formula is C36H49ClFN3O2. The van der Waals surface area contributed by atoms with E-state index in [4.69, 9.17) is 11.6 Å². The Morgan fingerprint density at radius 1 is 1.02 bits per heavy atom. The Bertz CT molecular complexity index is 1390. The Morgan fingerprint density at radius 2 is 1.70 bits per heavy atom. The molecule has 0 radical (unpaired) electrons. The first-order valence-electron chi connectivity index (χ1n) is 16.0. The van der Waals surface area contributed by atoms with Crippen LogP contribution in [0.3, 0.4) is 0 Å². The Labute approximate surface area is 262 Å². The van der Waals surface area contributed by atoms with E-state index >= 15 is 4.39 Å². The summed E-state index contributed by atoms with van der Waals surface area (Å²) in [5, 5.41) is 0.736. The normalized spacial score (nSPS) is 24.0. The van der Waals surface area contributed by atoms with Crippen LogP contribution in [-0.2, 0) is 15.0 Å². The number of fused-ring (bicyclic) bond motifs is 2. The molecule has 5 rings (SSSR count). The van der Waals surface area contributed by atoms with Crippen molar-refractivity contribution in [2.24, 2.45) is 5.92 Å². The van der Waals surface area contributed by atoms with Crippen molar-refractivity contribution in [2.75, 3.05) is 26.2 Å². The van der Waals surface area contributed by atoms with E-state index in [2.05, 4.69) is 58.6 Å². The summed E-state index contributed by atoms with van der Waals surface area (Å²) in [5.41, 5.74) is 4.90. The number of likely N-dealkylation sites (tertiary alicyclic amines) is 2. The average molecular weight is 610 g/mol. The number of nitrogens with zero attached hydrogens (tertiary/aromatic N) is 3. The van der Waals surface area contributed by atoms with Gasteiger partial charge in [-0.05, 0) is 120 Å². The lowest BCUT2D eigenvalue weighted by Gasteiger charge is -2.50. The second-order valence-electron chi connectivity index (χ2n) is 14.7. The summed E-state index contributed by atoms with van der Waals surface area (Å²) in [6.07, 6.45) is 3.61. The summed E-state index contributed by atoms with van der Waals surface area (Å²) in [4.78, 5) is 33.4. The van der Waals surface area contributed by atoms with Crippen molar-refractivity contribution in [1.29, 1.82) is 0 Å². The number of halogens is 2. The van der Waals surface area contributed by atoms with E-state index in [0.717, 1.165) is 47.4 Å². The van der Waals surface area contributed by atoms with Gasteiger partial charge in [-0.3, -0.25) is 14.5 Å². The highest BCUT2D eigenvalue weighted by atomic mass is 35.5. The fraction of sp³-hybridized carbons (Fsp3) is 0.611. The van der Waals surface area contributed by atoms with Crippen LogP contribution in [-0.4, -0.2) is 64.3 Å². The molecule has 2 aromatic carbocycles. The van der Waals surface area contributed by atoms with Crippen LogP contribution in [0.5, 0.6) is 0 Å². The third-order valence-corrected chi connectivity index (χ3v) is 11.0. The molecule has 2 amide bonds. The van der Waals surface area contributed by atoms with Crippen molar-refractivity contribution in [1.82, 2.24) is 14.7 Å². The molecule has 7 heteroatoms. The molecule has 2 aromatic rings. The van der Waals surface area contributed by atoms with Crippen molar-refractivity contribution < 1.29 is 14.0 Å². The molecule has 2 heterocycles. The van der Waals surface area contributed by atoms with E-state index in [1.165, 1.54) is 5.56 Å². The topological polar surface area (TPSA) is 43.9 Å². The average Bonchev–Trinajstić information content (AvgIpc) is 3.37. The van der Waals surface area contributed by atoms with Crippen LogP contribution in [0.2, 0.25) is 5.02 Å². The summed E-state index contributed by atoms with van der Waals surface area (Å²) >= 11 is 6.68. The van der Waals surface area contributed by atoms with Crippen molar-refractivity contribution in [3.8, 4) is 0 Å². The summed E-state index contributed by atoms with van der Waals surface area (Å²) in [5.74, 6) is -0.420. The molecule has 43 heavy (non-hydrogen) atoms. The minimum absolute atomic E-state index is 0.00270. The number of benzene rings is 2. The first kappa shape index (κ1) is 32.0. The van der Waals surface area contributed by atoms with Crippen LogP contribution >= 0.6 is 11.6 Å². The number of carbonyl (C=O) groups is 2. The Hall–Kier alpha value is -2.44. The Morgan fingerprint density at radius 3 is 2.28 bits per heavy atom. The van der Waals surface area contributed by atoms with E-state index in [1.54, 1.807) is 13.0 Å². The van der Waals surface area contributed by atoms with Gasteiger partial charge in [-0.1, -0.05) is 29.8 Å². The van der Waals surface area contributed by atoms with E-state index in [1.807, 2.05) is 28.9 Å². The fourth-order valence-electron chi connectivity index (χ4n) is 8.13. The predicted molar refractivity (Wildman–Crippen MR) is 172 cm³/mol. The first-order valence-corrected chi connectivity index (χ1v) is 16.4. The maximum atomic E-state index is 15.3. The predicted octanol–water partition coefficient (Wildman–Crippen LogP) is 7.56. The highest BCUT2D eigenvalue weighted by Gasteiger charge is 2.48. The quantitative estimate of drug-likeness (QED) is 0.359. The molecule has 2 saturated heterocycles. The van der Waals surface area contributed by atoms with Crippen molar-refractivity contribution in [3.05, 3.63) is 69.0 Å². The minimum atomic E-state index is -0.273. The second-order valence-corrected chi connectivity index (χ2v) is 15.1. The van der Waals surface area contributed by atoms with Crippen molar-refractivity contribution in [2.45, 2.75) is 110 Å². The summed E-state index contributed by atoms with van der Waals surface area (Å²) in [6, 6.07) is 9.87. The SMILES string of the molecule is CC(=O)N(C(C)C)[C@H]1CCC2(CCN(C(=O)[C@@H]3CN(C(C)(C)C)C[C@H]3c3ccc(C)cc3F)CC2)c2cc(C)c(Cl)cc21. The zero-order chi connectivity index (χ0) is 31.4. The molecule has 2 fully saturated rings. The van der Waals surface area contributed by atoms with Gasteiger partial charge >= 0.3 is 0 Å². The lowest BCUT2D eigenvalue weighted by Crippen LogP contribution is -2.51. The smallest absolute Gasteiger partial charge is 0.227 e. The standard InChI is InChI=1S/C36H49ClFN3O2/c1-22(2)41(25(5)42)33-11-12-36(30-18-24(4)31(37)19-27(30)33)13-15-39(16-14-36)34(43)29-21-40(35(6,7)8)20-28(29)26-10-9-23(3)17-32(26)38/h9-10,17-19,22,28-29,33H,11-16,20-21H2,1-8H3/t28-,29+,33-/m0/s1. The third-order valence-electron chi connectivity index (χ3n) is 10.6. The molecule has 0 unspecified atom stereocenters. The van der Waals surface area contributed by atoms with Gasteiger partial charge in [0, 0.05) is 55.6 Å². The van der Waals surface area contributed by atoms with Gasteiger partial charge in [-0.2, -0.15) is 0 Å². The molecule has 3 atom stereocenters. The van der Waals surface area contributed by atoms with Crippen LogP contribution in [0.25, 0.3) is 0 Å². The van der Waals surface area contributed by atoms with E-state index in [0.29, 0.717) is 31.7 Å². The molecule has 3 aliphatic rings. The molecular weight excluding hydrogens is 561 g/mol. The molecule has 0 N–H and O–H groups in total. The van der Waals surface area contributed by atoms with Crippen LogP contribution < -0.4 is 0 Å². The number of aryl methyl sites for hydroxylation is 2. The lowest BCUT2D eigenvalue weighted by atomic mass is 9.63. The minimum Gasteiger partial charge on any atom is -0.342 e. The van der Waals surface area contributed by atoms with Crippen LogP contribution in [0.1, 0.15) is 107 Å². The monoisotopic (exact) mass is 609 g/mol. The summed E-state index contributed by atoms with van der Waals surface area (Å²) in [6.45, 7) is 18.9. The maximum Gasteiger partial charge on any atom is 0.227 e. The molecule has 5 nitrogen and oxygen atoms in total. The number of piperidine rings is 1. The van der Waals surface area contributed by atoms with Crippen LogP contribution in [0.15, 0.2) is 30.3 Å². The van der Waals surface area contributed by atoms with Gasteiger partial charge in [0.15, 0.2) is 0 Å².